The highest BCUT2D eigenvalue weighted by Crippen LogP contribution is 2.39. The number of piperazine rings is 1. The van der Waals surface area contributed by atoms with E-state index in [1.807, 2.05) is 17.0 Å². The summed E-state index contributed by atoms with van der Waals surface area (Å²) >= 11 is 1.67. The van der Waals surface area contributed by atoms with E-state index in [9.17, 15) is 9.59 Å². The second-order valence-corrected chi connectivity index (χ2v) is 9.87. The first-order valence-electron chi connectivity index (χ1n) is 10.9. The van der Waals surface area contributed by atoms with Gasteiger partial charge in [0.15, 0.2) is 0 Å². The van der Waals surface area contributed by atoms with Crippen LogP contribution in [0.4, 0.5) is 16.2 Å². The first-order valence-corrected chi connectivity index (χ1v) is 11.8. The van der Waals surface area contributed by atoms with Crippen molar-refractivity contribution in [3.8, 4) is 0 Å². The van der Waals surface area contributed by atoms with Crippen molar-refractivity contribution in [1.29, 1.82) is 0 Å². The summed E-state index contributed by atoms with van der Waals surface area (Å²) in [4.78, 5) is 31.1. The molecule has 2 N–H and O–H groups in total. The molecular weight excluding hydrogens is 422 g/mol. The van der Waals surface area contributed by atoms with Crippen molar-refractivity contribution in [2.24, 2.45) is 0 Å². The summed E-state index contributed by atoms with van der Waals surface area (Å²) < 4.78 is 3.59. The fraction of sp³-hybridized carbons (Fsp3) is 0.417. The van der Waals surface area contributed by atoms with Crippen molar-refractivity contribution in [2.45, 2.75) is 30.2 Å². The Morgan fingerprint density at radius 1 is 1.12 bits per heavy atom. The molecule has 1 saturated heterocycles. The largest absolute Gasteiger partial charge is 0.367 e. The average molecular weight is 454 g/mol. The maximum Gasteiger partial charge on any atom is 0.319 e. The topological polar surface area (TPSA) is 67.9 Å². The van der Waals surface area contributed by atoms with Crippen LogP contribution in [0.3, 0.4) is 0 Å². The molecule has 1 heterocycles. The highest BCUT2D eigenvalue weighted by molar-refractivity contribution is 7.97. The van der Waals surface area contributed by atoms with Gasteiger partial charge in [-0.25, -0.2) is 4.79 Å². The number of carbonyl (C=O) groups is 2. The molecule has 0 spiro atoms. The van der Waals surface area contributed by atoms with E-state index in [1.165, 1.54) is 18.9 Å². The summed E-state index contributed by atoms with van der Waals surface area (Å²) in [6.07, 6.45) is 3.66. The van der Waals surface area contributed by atoms with Crippen LogP contribution in [0.1, 0.15) is 19.8 Å². The van der Waals surface area contributed by atoms with Crippen LogP contribution in [0, 0.1) is 0 Å². The molecular formula is C24H31N5O2S. The molecule has 8 heteroatoms. The maximum absolute atomic E-state index is 12.3. The Bertz CT molecular complexity index is 1040. The molecule has 170 valence electrons. The van der Waals surface area contributed by atoms with Gasteiger partial charge in [-0.2, -0.15) is 0 Å². The predicted octanol–water partition coefficient (Wildman–Crippen LogP) is 3.92. The lowest BCUT2D eigenvalue weighted by molar-refractivity contribution is -0.111. The van der Waals surface area contributed by atoms with Gasteiger partial charge in [-0.3, -0.25) is 9.52 Å². The summed E-state index contributed by atoms with van der Waals surface area (Å²) in [5.41, 5.74) is 2.13. The highest BCUT2D eigenvalue weighted by atomic mass is 32.2. The summed E-state index contributed by atoms with van der Waals surface area (Å²) in [6.45, 7) is 8.72. The fourth-order valence-corrected chi connectivity index (χ4v) is 4.73. The molecule has 0 radical (unpaired) electrons. The number of nitrogens with one attached hydrogen (secondary N) is 2. The van der Waals surface area contributed by atoms with Crippen molar-refractivity contribution in [1.82, 2.24) is 14.5 Å². The van der Waals surface area contributed by atoms with Gasteiger partial charge in [-0.1, -0.05) is 12.6 Å². The third-order valence-corrected chi connectivity index (χ3v) is 7.11. The Balaban J connectivity index is 1.62. The van der Waals surface area contributed by atoms with Gasteiger partial charge in [0, 0.05) is 67.5 Å². The van der Waals surface area contributed by atoms with E-state index in [1.54, 1.807) is 30.9 Å². The number of amides is 3. The Morgan fingerprint density at radius 2 is 1.84 bits per heavy atom. The molecule has 3 amide bonds. The van der Waals surface area contributed by atoms with E-state index >= 15 is 0 Å². The average Bonchev–Trinajstić information content (AvgIpc) is 3.53. The number of fused-ring (bicyclic) bond motifs is 1. The van der Waals surface area contributed by atoms with E-state index in [4.69, 9.17) is 0 Å². The lowest BCUT2D eigenvalue weighted by atomic mass is 10.1. The Hall–Kier alpha value is -2.71. The molecule has 1 aliphatic heterocycles. The normalized spacial score (nSPS) is 17.2. The van der Waals surface area contributed by atoms with E-state index in [2.05, 4.69) is 46.6 Å². The van der Waals surface area contributed by atoms with Gasteiger partial charge in [-0.05, 0) is 67.4 Å². The molecule has 0 aromatic heterocycles. The molecule has 1 saturated carbocycles. The van der Waals surface area contributed by atoms with Crippen molar-refractivity contribution in [3.63, 3.8) is 0 Å². The number of urea groups is 1. The van der Waals surface area contributed by atoms with Gasteiger partial charge >= 0.3 is 6.03 Å². The number of hydrogen-bond donors (Lipinski definition) is 2. The van der Waals surface area contributed by atoms with Gasteiger partial charge in [0.1, 0.15) is 0 Å². The zero-order valence-corrected chi connectivity index (χ0v) is 19.8. The molecule has 7 nitrogen and oxygen atoms in total. The Labute approximate surface area is 193 Å². The van der Waals surface area contributed by atoms with Crippen molar-refractivity contribution < 1.29 is 9.59 Å². The summed E-state index contributed by atoms with van der Waals surface area (Å²) in [5.74, 6) is -0.222. The number of benzene rings is 2. The van der Waals surface area contributed by atoms with Crippen LogP contribution in [0.5, 0.6) is 0 Å². The maximum atomic E-state index is 12.3. The van der Waals surface area contributed by atoms with Crippen LogP contribution in [0.2, 0.25) is 0 Å². The minimum absolute atomic E-state index is 0.0586. The van der Waals surface area contributed by atoms with E-state index in [0.29, 0.717) is 13.1 Å². The van der Waals surface area contributed by atoms with Crippen molar-refractivity contribution >= 4 is 46.0 Å². The minimum Gasteiger partial charge on any atom is -0.367 e. The standard InChI is InChI=1S/C24H31N5O2S/c1-5-22(30)25-18-6-7-20-17(14-18)15-19(32-26-24(2)8-9-24)16-21(20)28-10-12-29(13-11-28)23(31)27(3)4/h5-7,14-16,26H,1,8-13H2,2-4H3,(H,25,30). The highest BCUT2D eigenvalue weighted by Gasteiger charge is 2.37. The summed E-state index contributed by atoms with van der Waals surface area (Å²) in [5, 5.41) is 5.06. The quantitative estimate of drug-likeness (QED) is 0.513. The van der Waals surface area contributed by atoms with Gasteiger partial charge in [0.05, 0.1) is 0 Å². The lowest BCUT2D eigenvalue weighted by Gasteiger charge is -2.37. The van der Waals surface area contributed by atoms with Gasteiger partial charge in [0.2, 0.25) is 5.91 Å². The minimum atomic E-state index is -0.222. The third kappa shape index (κ3) is 5.02. The van der Waals surface area contributed by atoms with Crippen LogP contribution < -0.4 is 14.9 Å². The fourth-order valence-electron chi connectivity index (χ4n) is 3.81. The van der Waals surface area contributed by atoms with Crippen LogP contribution in [-0.4, -0.2) is 67.6 Å². The van der Waals surface area contributed by atoms with Crippen LogP contribution >= 0.6 is 11.9 Å². The molecule has 1 aliphatic carbocycles. The zero-order valence-electron chi connectivity index (χ0n) is 19.0. The molecule has 2 aromatic rings. The summed E-state index contributed by atoms with van der Waals surface area (Å²) in [6, 6.07) is 10.5. The number of anilines is 2. The van der Waals surface area contributed by atoms with Crippen LogP contribution in [0.25, 0.3) is 10.8 Å². The van der Waals surface area contributed by atoms with Gasteiger partial charge < -0.3 is 20.0 Å². The third-order valence-electron chi connectivity index (χ3n) is 6.05. The smallest absolute Gasteiger partial charge is 0.319 e. The molecule has 2 aromatic carbocycles. The Kier molecular flexibility index (Phi) is 6.35. The summed E-state index contributed by atoms with van der Waals surface area (Å²) in [7, 11) is 3.58. The number of nitrogens with zero attached hydrogens (tertiary/aromatic N) is 3. The molecule has 32 heavy (non-hydrogen) atoms. The number of carbonyl (C=O) groups excluding carboxylic acids is 2. The number of rotatable bonds is 6. The molecule has 0 bridgehead atoms. The first kappa shape index (κ1) is 22.5. The monoisotopic (exact) mass is 453 g/mol. The Morgan fingerprint density at radius 3 is 2.47 bits per heavy atom. The predicted molar refractivity (Wildman–Crippen MR) is 132 cm³/mol. The van der Waals surface area contributed by atoms with Crippen molar-refractivity contribution in [3.05, 3.63) is 43.0 Å². The van der Waals surface area contributed by atoms with Crippen LogP contribution in [0.15, 0.2) is 47.9 Å². The molecule has 0 atom stereocenters. The van der Waals surface area contributed by atoms with Crippen molar-refractivity contribution in [2.75, 3.05) is 50.5 Å². The van der Waals surface area contributed by atoms with Crippen LogP contribution in [-0.2, 0) is 4.79 Å². The van der Waals surface area contributed by atoms with Gasteiger partial charge in [0.25, 0.3) is 0 Å². The number of hydrogen-bond acceptors (Lipinski definition) is 5. The lowest BCUT2D eigenvalue weighted by Crippen LogP contribution is -2.51. The molecule has 4 rings (SSSR count). The second kappa shape index (κ2) is 9.03. The first-order chi connectivity index (χ1) is 15.3. The second-order valence-electron chi connectivity index (χ2n) is 8.99. The van der Waals surface area contributed by atoms with Gasteiger partial charge in [-0.15, -0.1) is 0 Å². The van der Waals surface area contributed by atoms with E-state index < -0.39 is 0 Å². The SMILES string of the molecule is C=CC(=O)Nc1ccc2c(N3CCN(C(=O)N(C)C)CC3)cc(SNC3(C)CC3)cc2c1. The molecule has 2 fully saturated rings. The molecule has 2 aliphatic rings. The van der Waals surface area contributed by atoms with E-state index in [0.717, 1.165) is 40.1 Å². The van der Waals surface area contributed by atoms with E-state index in [-0.39, 0.29) is 17.5 Å². The zero-order chi connectivity index (χ0) is 22.9. The molecule has 0 unspecified atom stereocenters.